The molecule has 3 rings (SSSR count). The molecule has 23 heavy (non-hydrogen) atoms. The number of carbonyl (C=O) groups is 1. The molecule has 1 aromatic heterocycles. The predicted molar refractivity (Wildman–Crippen MR) is 92.2 cm³/mol. The van der Waals surface area contributed by atoms with Crippen LogP contribution in [-0.4, -0.2) is 19.9 Å². The van der Waals surface area contributed by atoms with Gasteiger partial charge >= 0.3 is 0 Å². The van der Waals surface area contributed by atoms with E-state index in [-0.39, 0.29) is 11.4 Å². The zero-order valence-electron chi connectivity index (χ0n) is 13.2. The van der Waals surface area contributed by atoms with Crippen molar-refractivity contribution in [3.63, 3.8) is 0 Å². The second kappa shape index (κ2) is 5.76. The normalized spacial score (nSPS) is 17.1. The minimum atomic E-state index is -0.941. The molecule has 0 radical (unpaired) electrons. The van der Waals surface area contributed by atoms with Gasteiger partial charge in [-0.1, -0.05) is 11.6 Å². The fraction of sp³-hybridized carbons (Fsp3) is 0.375. The molecule has 5 nitrogen and oxygen atoms in total. The van der Waals surface area contributed by atoms with Crippen LogP contribution in [0.5, 0.6) is 0 Å². The molecular formula is C16H18ClN3O2S. The maximum absolute atomic E-state index is 12.5. The number of rotatable bonds is 2. The molecule has 7 heteroatoms. The standard InChI is InChI=1S/C16H18ClN3O2S/c1-16(2,3)20-14(12-8-23(22)9-13(12)19-20)18-15(21)10-4-6-11(17)7-5-10/h4-7H,8-9H2,1-3H3,(H,18,21)/t23-/m1/s1. The van der Waals surface area contributed by atoms with Gasteiger partial charge in [-0.3, -0.25) is 9.00 Å². The summed E-state index contributed by atoms with van der Waals surface area (Å²) in [4.78, 5) is 12.5. The molecule has 1 aromatic carbocycles. The summed E-state index contributed by atoms with van der Waals surface area (Å²) in [5.74, 6) is 1.29. The van der Waals surface area contributed by atoms with Gasteiger partial charge in [0.25, 0.3) is 5.91 Å². The third kappa shape index (κ3) is 3.19. The molecule has 1 aliphatic heterocycles. The first-order valence-corrected chi connectivity index (χ1v) is 9.15. The number of fused-ring (bicyclic) bond motifs is 1. The molecule has 0 spiro atoms. The highest BCUT2D eigenvalue weighted by Gasteiger charge is 2.31. The zero-order chi connectivity index (χ0) is 16.8. The molecule has 1 atom stereocenters. The number of anilines is 1. The van der Waals surface area contributed by atoms with Crippen molar-refractivity contribution in [3.05, 3.63) is 46.1 Å². The SMILES string of the molecule is CC(C)(C)n1nc2c(c1NC(=O)c1ccc(Cl)cc1)C[S@@](=O)C2. The lowest BCUT2D eigenvalue weighted by molar-refractivity contribution is 0.102. The monoisotopic (exact) mass is 351 g/mol. The van der Waals surface area contributed by atoms with Crippen LogP contribution in [0.1, 0.15) is 42.4 Å². The molecule has 1 amide bonds. The van der Waals surface area contributed by atoms with Crippen molar-refractivity contribution in [2.75, 3.05) is 5.32 Å². The van der Waals surface area contributed by atoms with Gasteiger partial charge in [-0.15, -0.1) is 0 Å². The average Bonchev–Trinajstić information content (AvgIpc) is 2.97. The van der Waals surface area contributed by atoms with Gasteiger partial charge in [-0.05, 0) is 45.0 Å². The highest BCUT2D eigenvalue weighted by atomic mass is 35.5. The number of hydrogen-bond acceptors (Lipinski definition) is 3. The van der Waals surface area contributed by atoms with Gasteiger partial charge in [0.15, 0.2) is 0 Å². The molecule has 0 saturated carbocycles. The van der Waals surface area contributed by atoms with E-state index in [1.165, 1.54) is 0 Å². The molecule has 0 bridgehead atoms. The van der Waals surface area contributed by atoms with Crippen LogP contribution in [0, 0.1) is 0 Å². The Hall–Kier alpha value is -1.66. The Morgan fingerprint density at radius 1 is 1.26 bits per heavy atom. The van der Waals surface area contributed by atoms with Crippen LogP contribution in [0.25, 0.3) is 0 Å². The summed E-state index contributed by atoms with van der Waals surface area (Å²) in [5, 5.41) is 8.08. The molecule has 1 N–H and O–H groups in total. The molecule has 2 aromatic rings. The third-order valence-electron chi connectivity index (χ3n) is 3.64. The number of nitrogens with zero attached hydrogens (tertiary/aromatic N) is 2. The summed E-state index contributed by atoms with van der Waals surface area (Å²) >= 11 is 5.86. The van der Waals surface area contributed by atoms with Crippen molar-refractivity contribution in [3.8, 4) is 0 Å². The number of benzene rings is 1. The first-order valence-electron chi connectivity index (χ1n) is 7.29. The Bertz CT molecular complexity index is 791. The molecular weight excluding hydrogens is 334 g/mol. The summed E-state index contributed by atoms with van der Waals surface area (Å²) in [5.41, 5.74) is 1.92. The van der Waals surface area contributed by atoms with Crippen molar-refractivity contribution in [1.29, 1.82) is 0 Å². The second-order valence-electron chi connectivity index (χ2n) is 6.55. The maximum atomic E-state index is 12.5. The maximum Gasteiger partial charge on any atom is 0.256 e. The summed E-state index contributed by atoms with van der Waals surface area (Å²) in [6.45, 7) is 6.05. The van der Waals surface area contributed by atoms with Crippen LogP contribution in [-0.2, 0) is 27.8 Å². The van der Waals surface area contributed by atoms with Crippen LogP contribution in [0.2, 0.25) is 5.02 Å². The highest BCUT2D eigenvalue weighted by molar-refractivity contribution is 7.83. The zero-order valence-corrected chi connectivity index (χ0v) is 14.8. The minimum Gasteiger partial charge on any atom is -0.306 e. The minimum absolute atomic E-state index is 0.229. The molecule has 0 unspecified atom stereocenters. The Morgan fingerprint density at radius 2 is 1.91 bits per heavy atom. The quantitative estimate of drug-likeness (QED) is 0.902. The van der Waals surface area contributed by atoms with Crippen molar-refractivity contribution in [1.82, 2.24) is 9.78 Å². The van der Waals surface area contributed by atoms with E-state index in [9.17, 15) is 9.00 Å². The van der Waals surface area contributed by atoms with E-state index in [2.05, 4.69) is 10.4 Å². The van der Waals surface area contributed by atoms with E-state index in [0.717, 1.165) is 11.3 Å². The largest absolute Gasteiger partial charge is 0.306 e. The van der Waals surface area contributed by atoms with Gasteiger partial charge in [0, 0.05) is 26.9 Å². The van der Waals surface area contributed by atoms with E-state index in [4.69, 9.17) is 11.6 Å². The summed E-state index contributed by atoms with van der Waals surface area (Å²) < 4.78 is 13.6. The Kier molecular flexibility index (Phi) is 4.06. The van der Waals surface area contributed by atoms with E-state index < -0.39 is 10.8 Å². The number of aromatic nitrogens is 2. The van der Waals surface area contributed by atoms with Gasteiger partial charge < -0.3 is 5.32 Å². The number of carbonyl (C=O) groups excluding carboxylic acids is 1. The fourth-order valence-corrected chi connectivity index (χ4v) is 3.91. The van der Waals surface area contributed by atoms with Gasteiger partial charge in [-0.2, -0.15) is 5.10 Å². The van der Waals surface area contributed by atoms with Crippen molar-refractivity contribution >= 4 is 34.1 Å². The van der Waals surface area contributed by atoms with Crippen LogP contribution in [0.3, 0.4) is 0 Å². The van der Waals surface area contributed by atoms with Gasteiger partial charge in [-0.25, -0.2) is 4.68 Å². The molecule has 0 aliphatic carbocycles. The topological polar surface area (TPSA) is 64.0 Å². The Balaban J connectivity index is 1.97. The van der Waals surface area contributed by atoms with E-state index in [0.29, 0.717) is 27.9 Å². The van der Waals surface area contributed by atoms with Crippen LogP contribution >= 0.6 is 11.6 Å². The van der Waals surface area contributed by atoms with Crippen molar-refractivity contribution in [2.45, 2.75) is 37.8 Å². The fourth-order valence-electron chi connectivity index (χ4n) is 2.52. The van der Waals surface area contributed by atoms with Crippen LogP contribution in [0.15, 0.2) is 24.3 Å². The van der Waals surface area contributed by atoms with E-state index in [1.54, 1.807) is 24.3 Å². The highest BCUT2D eigenvalue weighted by Crippen LogP contribution is 2.33. The molecule has 0 saturated heterocycles. The number of hydrogen-bond donors (Lipinski definition) is 1. The van der Waals surface area contributed by atoms with E-state index >= 15 is 0 Å². The van der Waals surface area contributed by atoms with Crippen LogP contribution in [0.4, 0.5) is 5.82 Å². The molecule has 1 aliphatic rings. The summed E-state index contributed by atoms with van der Waals surface area (Å²) in [6.07, 6.45) is 0. The van der Waals surface area contributed by atoms with E-state index in [1.807, 2.05) is 25.5 Å². The van der Waals surface area contributed by atoms with Gasteiger partial charge in [0.2, 0.25) is 0 Å². The number of nitrogens with one attached hydrogen (secondary N) is 1. The summed E-state index contributed by atoms with van der Waals surface area (Å²) in [6, 6.07) is 6.70. The van der Waals surface area contributed by atoms with Gasteiger partial charge in [0.1, 0.15) is 5.82 Å². The predicted octanol–water partition coefficient (Wildman–Crippen LogP) is 3.31. The Labute approximate surface area is 142 Å². The molecule has 0 fully saturated rings. The lowest BCUT2D eigenvalue weighted by Gasteiger charge is -2.23. The van der Waals surface area contributed by atoms with Crippen molar-refractivity contribution < 1.29 is 9.00 Å². The second-order valence-corrected chi connectivity index (χ2v) is 8.44. The molecule has 2 heterocycles. The smallest absolute Gasteiger partial charge is 0.256 e. The van der Waals surface area contributed by atoms with Crippen molar-refractivity contribution in [2.24, 2.45) is 0 Å². The van der Waals surface area contributed by atoms with Crippen LogP contribution < -0.4 is 5.32 Å². The number of halogens is 1. The first kappa shape index (κ1) is 16.2. The first-order chi connectivity index (χ1) is 10.8. The average molecular weight is 352 g/mol. The lowest BCUT2D eigenvalue weighted by Crippen LogP contribution is -2.27. The lowest BCUT2D eigenvalue weighted by atomic mass is 10.1. The molecule has 122 valence electrons. The Morgan fingerprint density at radius 3 is 2.52 bits per heavy atom. The van der Waals surface area contributed by atoms with Gasteiger partial charge in [0.05, 0.1) is 22.7 Å². The third-order valence-corrected chi connectivity index (χ3v) is 5.10. The number of amides is 1. The summed E-state index contributed by atoms with van der Waals surface area (Å²) in [7, 11) is -0.941.